The van der Waals surface area contributed by atoms with E-state index in [0.717, 1.165) is 24.5 Å². The minimum Gasteiger partial charge on any atom is -0.492 e. The minimum atomic E-state index is -0.540. The number of ether oxygens (including phenoxy) is 1. The van der Waals surface area contributed by atoms with E-state index in [1.165, 1.54) is 11.3 Å². The minimum absolute atomic E-state index is 0.0438. The Kier molecular flexibility index (Phi) is 6.34. The number of anilines is 1. The van der Waals surface area contributed by atoms with Gasteiger partial charge in [0, 0.05) is 26.2 Å². The second-order valence-electron chi connectivity index (χ2n) is 6.39. The molecule has 1 atom stereocenters. The van der Waals surface area contributed by atoms with E-state index in [1.807, 2.05) is 47.5 Å². The maximum absolute atomic E-state index is 12.7. The van der Waals surface area contributed by atoms with Crippen LogP contribution in [0.2, 0.25) is 0 Å². The van der Waals surface area contributed by atoms with Gasteiger partial charge in [-0.15, -0.1) is 11.3 Å². The first-order valence-corrected chi connectivity index (χ1v) is 10.1. The Hall–Kier alpha value is -2.54. The van der Waals surface area contributed by atoms with Crippen molar-refractivity contribution < 1.29 is 14.3 Å². The highest BCUT2D eigenvalue weighted by molar-refractivity contribution is 7.12. The molecule has 7 heteroatoms. The van der Waals surface area contributed by atoms with Gasteiger partial charge in [0.25, 0.3) is 5.91 Å². The van der Waals surface area contributed by atoms with E-state index in [2.05, 4.69) is 10.2 Å². The fourth-order valence-electron chi connectivity index (χ4n) is 3.17. The predicted octanol–water partition coefficient (Wildman–Crippen LogP) is 2.61. The molecular weight excluding hydrogens is 362 g/mol. The molecule has 0 bridgehead atoms. The van der Waals surface area contributed by atoms with Crippen molar-refractivity contribution in [2.24, 2.45) is 0 Å². The molecule has 3 rings (SSSR count). The molecule has 2 aromatic rings. The average molecular weight is 388 g/mol. The topological polar surface area (TPSA) is 61.9 Å². The van der Waals surface area contributed by atoms with E-state index in [9.17, 15) is 9.59 Å². The fourth-order valence-corrected chi connectivity index (χ4v) is 3.80. The fraction of sp³-hybridized carbons (Fsp3) is 0.400. The SMILES string of the molecule is CCOc1ccccc1N1CCN(C(=O)C(C)NC(=O)c2cccs2)CC1. The predicted molar refractivity (Wildman–Crippen MR) is 108 cm³/mol. The summed E-state index contributed by atoms with van der Waals surface area (Å²) < 4.78 is 5.71. The van der Waals surface area contributed by atoms with Gasteiger partial charge in [-0.3, -0.25) is 9.59 Å². The van der Waals surface area contributed by atoms with Crippen LogP contribution in [-0.4, -0.2) is 55.5 Å². The second kappa shape index (κ2) is 8.90. The Morgan fingerprint density at radius 2 is 1.89 bits per heavy atom. The molecule has 144 valence electrons. The van der Waals surface area contributed by atoms with Crippen molar-refractivity contribution in [3.05, 3.63) is 46.7 Å². The number of hydrogen-bond acceptors (Lipinski definition) is 5. The summed E-state index contributed by atoms with van der Waals surface area (Å²) in [6.07, 6.45) is 0. The number of rotatable bonds is 6. The van der Waals surface area contributed by atoms with Gasteiger partial charge in [0.05, 0.1) is 17.2 Å². The lowest BCUT2D eigenvalue weighted by Gasteiger charge is -2.37. The lowest BCUT2D eigenvalue weighted by molar-refractivity contribution is -0.133. The van der Waals surface area contributed by atoms with Crippen molar-refractivity contribution in [1.82, 2.24) is 10.2 Å². The molecule has 1 aliphatic heterocycles. The molecule has 1 N–H and O–H groups in total. The molecule has 1 aromatic heterocycles. The number of carbonyl (C=O) groups is 2. The second-order valence-corrected chi connectivity index (χ2v) is 7.33. The quantitative estimate of drug-likeness (QED) is 0.828. The van der Waals surface area contributed by atoms with Gasteiger partial charge in [-0.1, -0.05) is 18.2 Å². The van der Waals surface area contributed by atoms with Crippen molar-refractivity contribution in [2.75, 3.05) is 37.7 Å². The molecule has 1 saturated heterocycles. The van der Waals surface area contributed by atoms with Gasteiger partial charge in [-0.2, -0.15) is 0 Å². The average Bonchev–Trinajstić information content (AvgIpc) is 3.23. The van der Waals surface area contributed by atoms with Crippen LogP contribution < -0.4 is 15.0 Å². The van der Waals surface area contributed by atoms with Gasteiger partial charge < -0.3 is 19.9 Å². The van der Waals surface area contributed by atoms with Crippen LogP contribution in [0.4, 0.5) is 5.69 Å². The first-order valence-electron chi connectivity index (χ1n) is 9.20. The molecule has 0 aliphatic carbocycles. The molecule has 2 heterocycles. The van der Waals surface area contributed by atoms with Gasteiger partial charge in [-0.25, -0.2) is 0 Å². The third-order valence-electron chi connectivity index (χ3n) is 4.56. The number of para-hydroxylation sites is 2. The van der Waals surface area contributed by atoms with Crippen molar-refractivity contribution in [2.45, 2.75) is 19.9 Å². The van der Waals surface area contributed by atoms with E-state index < -0.39 is 6.04 Å². The molecular formula is C20H25N3O3S. The van der Waals surface area contributed by atoms with Crippen molar-refractivity contribution in [3.8, 4) is 5.75 Å². The van der Waals surface area contributed by atoms with E-state index >= 15 is 0 Å². The molecule has 2 amide bonds. The van der Waals surface area contributed by atoms with Crippen LogP contribution in [0.3, 0.4) is 0 Å². The maximum atomic E-state index is 12.7. The third-order valence-corrected chi connectivity index (χ3v) is 5.43. The van der Waals surface area contributed by atoms with E-state index in [-0.39, 0.29) is 11.8 Å². The summed E-state index contributed by atoms with van der Waals surface area (Å²) in [6, 6.07) is 11.0. The normalized spacial score (nSPS) is 15.3. The molecule has 1 aliphatic rings. The Morgan fingerprint density at radius 1 is 1.15 bits per heavy atom. The molecule has 0 spiro atoms. The van der Waals surface area contributed by atoms with Gasteiger partial charge in [0.1, 0.15) is 11.8 Å². The van der Waals surface area contributed by atoms with E-state index in [4.69, 9.17) is 4.74 Å². The van der Waals surface area contributed by atoms with Crippen LogP contribution in [0.1, 0.15) is 23.5 Å². The number of nitrogens with one attached hydrogen (secondary N) is 1. The molecule has 0 radical (unpaired) electrons. The number of thiophene rings is 1. The number of amides is 2. The van der Waals surface area contributed by atoms with Crippen molar-refractivity contribution in [3.63, 3.8) is 0 Å². The first kappa shape index (κ1) is 19.2. The molecule has 6 nitrogen and oxygen atoms in total. The highest BCUT2D eigenvalue weighted by Crippen LogP contribution is 2.28. The highest BCUT2D eigenvalue weighted by atomic mass is 32.1. The van der Waals surface area contributed by atoms with Gasteiger partial charge in [0.15, 0.2) is 0 Å². The summed E-state index contributed by atoms with van der Waals surface area (Å²) in [5.74, 6) is 0.629. The number of benzene rings is 1. The standard InChI is InChI=1S/C20H25N3O3S/c1-3-26-17-8-5-4-7-16(17)22-10-12-23(13-11-22)20(25)15(2)21-19(24)18-9-6-14-27-18/h4-9,14-15H,3,10-13H2,1-2H3,(H,21,24). The van der Waals surface area contributed by atoms with Gasteiger partial charge >= 0.3 is 0 Å². The number of nitrogens with zero attached hydrogens (tertiary/aromatic N) is 2. The smallest absolute Gasteiger partial charge is 0.261 e. The molecule has 0 saturated carbocycles. The summed E-state index contributed by atoms with van der Waals surface area (Å²) in [5, 5.41) is 4.64. The van der Waals surface area contributed by atoms with E-state index in [1.54, 1.807) is 13.0 Å². The van der Waals surface area contributed by atoms with Crippen LogP contribution in [0.15, 0.2) is 41.8 Å². The Bertz CT molecular complexity index is 771. The van der Waals surface area contributed by atoms with Crippen LogP contribution in [0.25, 0.3) is 0 Å². The number of carbonyl (C=O) groups excluding carboxylic acids is 2. The lowest BCUT2D eigenvalue weighted by Crippen LogP contribution is -2.54. The van der Waals surface area contributed by atoms with Crippen molar-refractivity contribution >= 4 is 28.8 Å². The van der Waals surface area contributed by atoms with Gasteiger partial charge in [0.2, 0.25) is 5.91 Å². The van der Waals surface area contributed by atoms with E-state index in [0.29, 0.717) is 24.6 Å². The summed E-state index contributed by atoms with van der Waals surface area (Å²) in [5.41, 5.74) is 1.06. The third kappa shape index (κ3) is 4.60. The lowest BCUT2D eigenvalue weighted by atomic mass is 10.2. The summed E-state index contributed by atoms with van der Waals surface area (Å²) in [6.45, 7) is 7.06. The molecule has 1 aromatic carbocycles. The molecule has 27 heavy (non-hydrogen) atoms. The summed E-state index contributed by atoms with van der Waals surface area (Å²) in [7, 11) is 0. The van der Waals surface area contributed by atoms with Gasteiger partial charge in [-0.05, 0) is 37.4 Å². The number of hydrogen-bond donors (Lipinski definition) is 1. The Morgan fingerprint density at radius 3 is 2.56 bits per heavy atom. The van der Waals surface area contributed by atoms with Crippen molar-refractivity contribution in [1.29, 1.82) is 0 Å². The zero-order valence-electron chi connectivity index (χ0n) is 15.7. The Labute approximate surface area is 163 Å². The largest absolute Gasteiger partial charge is 0.492 e. The highest BCUT2D eigenvalue weighted by Gasteiger charge is 2.27. The molecule has 1 fully saturated rings. The summed E-state index contributed by atoms with van der Waals surface area (Å²) >= 11 is 1.37. The van der Waals surface area contributed by atoms with Crippen LogP contribution in [0, 0.1) is 0 Å². The van der Waals surface area contributed by atoms with Crippen LogP contribution in [-0.2, 0) is 4.79 Å². The summed E-state index contributed by atoms with van der Waals surface area (Å²) in [4.78, 5) is 29.5. The van der Waals surface area contributed by atoms with Crippen LogP contribution in [0.5, 0.6) is 5.75 Å². The van der Waals surface area contributed by atoms with Crippen LogP contribution >= 0.6 is 11.3 Å². The first-order chi connectivity index (χ1) is 13.1. The zero-order valence-corrected chi connectivity index (χ0v) is 16.5. The maximum Gasteiger partial charge on any atom is 0.261 e. The monoisotopic (exact) mass is 387 g/mol. The zero-order chi connectivity index (χ0) is 19.2. The Balaban J connectivity index is 1.55. The number of piperazine rings is 1. The molecule has 1 unspecified atom stereocenters.